The molecule has 1 saturated heterocycles. The second kappa shape index (κ2) is 14.2. The van der Waals surface area contributed by atoms with Gasteiger partial charge in [0.2, 0.25) is 11.7 Å². The van der Waals surface area contributed by atoms with Gasteiger partial charge in [-0.1, -0.05) is 6.07 Å². The number of likely N-dealkylation sites (tertiary alicyclic amines) is 1. The molecule has 1 aromatic carbocycles. The van der Waals surface area contributed by atoms with Crippen LogP contribution in [0, 0.1) is 5.92 Å². The summed E-state index contributed by atoms with van der Waals surface area (Å²) in [4.78, 5) is 18.7. The Balaban J connectivity index is 0.00000480. The average molecular weight is 548 g/mol. The van der Waals surface area contributed by atoms with Crippen molar-refractivity contribution in [1.82, 2.24) is 15.5 Å². The third kappa shape index (κ3) is 7.62. The SMILES string of the molecule is CCNC(=NCCc1ccc(OC)c(OC)c1OC)N1CCC(CC(=O)NC)CC1.I. The van der Waals surface area contributed by atoms with Crippen molar-refractivity contribution in [3.8, 4) is 17.2 Å². The Labute approximate surface area is 203 Å². The lowest BCUT2D eigenvalue weighted by atomic mass is 9.93. The highest BCUT2D eigenvalue weighted by molar-refractivity contribution is 14.0. The maximum absolute atomic E-state index is 11.6. The van der Waals surface area contributed by atoms with Gasteiger partial charge in [0.1, 0.15) is 0 Å². The molecule has 1 fully saturated rings. The van der Waals surface area contributed by atoms with Gasteiger partial charge >= 0.3 is 0 Å². The molecule has 1 heterocycles. The number of hydrogen-bond acceptors (Lipinski definition) is 5. The molecule has 0 radical (unpaired) electrons. The third-order valence-corrected chi connectivity index (χ3v) is 5.43. The van der Waals surface area contributed by atoms with Crippen molar-refractivity contribution in [3.63, 3.8) is 0 Å². The monoisotopic (exact) mass is 548 g/mol. The topological polar surface area (TPSA) is 84.4 Å². The zero-order chi connectivity index (χ0) is 21.9. The number of ether oxygens (including phenoxy) is 3. The van der Waals surface area contributed by atoms with Crippen molar-refractivity contribution >= 4 is 35.8 Å². The van der Waals surface area contributed by atoms with E-state index in [0.717, 1.165) is 50.4 Å². The van der Waals surface area contributed by atoms with Gasteiger partial charge in [-0.15, -0.1) is 24.0 Å². The first-order valence-corrected chi connectivity index (χ1v) is 10.6. The van der Waals surface area contributed by atoms with E-state index in [1.807, 2.05) is 12.1 Å². The zero-order valence-corrected chi connectivity index (χ0v) is 21.7. The molecule has 0 spiro atoms. The van der Waals surface area contributed by atoms with Gasteiger partial charge in [-0.2, -0.15) is 0 Å². The first-order chi connectivity index (χ1) is 14.6. The number of rotatable bonds is 9. The van der Waals surface area contributed by atoms with Crippen LogP contribution in [0.5, 0.6) is 17.2 Å². The molecule has 8 nitrogen and oxygen atoms in total. The van der Waals surface area contributed by atoms with Crippen LogP contribution < -0.4 is 24.8 Å². The summed E-state index contributed by atoms with van der Waals surface area (Å²) in [5.74, 6) is 3.43. The molecule has 0 atom stereocenters. The molecule has 1 aromatic rings. The summed E-state index contributed by atoms with van der Waals surface area (Å²) in [5.41, 5.74) is 1.03. The Morgan fingerprint density at radius 2 is 1.81 bits per heavy atom. The van der Waals surface area contributed by atoms with Gasteiger partial charge in [0.15, 0.2) is 17.5 Å². The number of halogens is 1. The van der Waals surface area contributed by atoms with Gasteiger partial charge in [0.25, 0.3) is 0 Å². The second-order valence-corrected chi connectivity index (χ2v) is 7.29. The number of piperidine rings is 1. The standard InChI is InChI=1S/C22H36N4O4.HI/c1-6-24-22(26-13-10-16(11-14-26)15-19(27)23-2)25-12-9-17-7-8-18(28-3)21(30-5)20(17)29-4;/h7-8,16H,6,9-15H2,1-5H3,(H,23,27)(H,24,25);1H. The van der Waals surface area contributed by atoms with Gasteiger partial charge in [-0.25, -0.2) is 0 Å². The van der Waals surface area contributed by atoms with E-state index in [0.29, 0.717) is 36.1 Å². The maximum Gasteiger partial charge on any atom is 0.220 e. The molecule has 0 aliphatic carbocycles. The first-order valence-electron chi connectivity index (χ1n) is 10.6. The lowest BCUT2D eigenvalue weighted by Crippen LogP contribution is -2.46. The maximum atomic E-state index is 11.6. The first kappa shape index (κ1) is 27.1. The summed E-state index contributed by atoms with van der Waals surface area (Å²) >= 11 is 0. The molecule has 2 rings (SSSR count). The normalized spacial score (nSPS) is 14.5. The molecule has 0 unspecified atom stereocenters. The van der Waals surface area contributed by atoms with E-state index in [4.69, 9.17) is 19.2 Å². The minimum absolute atomic E-state index is 0. The fourth-order valence-corrected chi connectivity index (χ4v) is 3.78. The predicted molar refractivity (Wildman–Crippen MR) is 134 cm³/mol. The number of nitrogens with zero attached hydrogens (tertiary/aromatic N) is 2. The molecule has 0 bridgehead atoms. The number of benzene rings is 1. The van der Waals surface area contributed by atoms with Crippen LogP contribution in [0.25, 0.3) is 0 Å². The van der Waals surface area contributed by atoms with E-state index in [1.54, 1.807) is 28.4 Å². The Hall–Kier alpha value is -1.91. The van der Waals surface area contributed by atoms with Crippen LogP contribution >= 0.6 is 24.0 Å². The largest absolute Gasteiger partial charge is 0.493 e. The highest BCUT2D eigenvalue weighted by Gasteiger charge is 2.23. The van der Waals surface area contributed by atoms with Crippen molar-refractivity contribution in [2.24, 2.45) is 10.9 Å². The Morgan fingerprint density at radius 1 is 1.13 bits per heavy atom. The van der Waals surface area contributed by atoms with Gasteiger partial charge < -0.3 is 29.7 Å². The minimum Gasteiger partial charge on any atom is -0.493 e. The zero-order valence-electron chi connectivity index (χ0n) is 19.3. The molecule has 1 aliphatic rings. The van der Waals surface area contributed by atoms with Crippen LogP contribution in [0.1, 0.15) is 31.7 Å². The van der Waals surface area contributed by atoms with Gasteiger partial charge in [0, 0.05) is 45.2 Å². The summed E-state index contributed by atoms with van der Waals surface area (Å²) in [7, 11) is 6.55. The highest BCUT2D eigenvalue weighted by atomic mass is 127. The van der Waals surface area contributed by atoms with Crippen LogP contribution in [0.15, 0.2) is 17.1 Å². The van der Waals surface area contributed by atoms with Crippen LogP contribution in [0.2, 0.25) is 0 Å². The van der Waals surface area contributed by atoms with Crippen molar-refractivity contribution in [2.75, 3.05) is 54.6 Å². The van der Waals surface area contributed by atoms with Gasteiger partial charge in [0.05, 0.1) is 21.3 Å². The van der Waals surface area contributed by atoms with Crippen LogP contribution in [0.4, 0.5) is 0 Å². The number of nitrogens with one attached hydrogen (secondary N) is 2. The minimum atomic E-state index is 0. The fourth-order valence-electron chi connectivity index (χ4n) is 3.78. The molecule has 2 N–H and O–H groups in total. The molecule has 31 heavy (non-hydrogen) atoms. The molecule has 0 saturated carbocycles. The van der Waals surface area contributed by atoms with E-state index in [9.17, 15) is 4.79 Å². The molecular formula is C22H37IN4O4. The molecular weight excluding hydrogens is 511 g/mol. The Morgan fingerprint density at radius 3 is 2.35 bits per heavy atom. The Bertz CT molecular complexity index is 722. The van der Waals surface area contributed by atoms with Crippen LogP contribution in [-0.2, 0) is 11.2 Å². The summed E-state index contributed by atoms with van der Waals surface area (Å²) in [6.07, 6.45) is 3.34. The van der Waals surface area contributed by atoms with E-state index in [1.165, 1.54) is 0 Å². The predicted octanol–water partition coefficient (Wildman–Crippen LogP) is 2.69. The lowest BCUT2D eigenvalue weighted by Gasteiger charge is -2.34. The van der Waals surface area contributed by atoms with E-state index in [2.05, 4.69) is 22.5 Å². The number of carbonyl (C=O) groups is 1. The number of hydrogen-bond donors (Lipinski definition) is 2. The van der Waals surface area contributed by atoms with E-state index in [-0.39, 0.29) is 29.9 Å². The van der Waals surface area contributed by atoms with Gasteiger partial charge in [-0.05, 0) is 38.2 Å². The van der Waals surface area contributed by atoms with E-state index < -0.39 is 0 Å². The summed E-state index contributed by atoms with van der Waals surface area (Å²) in [5, 5.41) is 6.11. The summed E-state index contributed by atoms with van der Waals surface area (Å²) in [6.45, 7) is 5.34. The number of aliphatic imine (C=N–C) groups is 1. The van der Waals surface area contributed by atoms with Crippen molar-refractivity contribution in [2.45, 2.75) is 32.6 Å². The quantitative estimate of drug-likeness (QED) is 0.281. The molecule has 176 valence electrons. The van der Waals surface area contributed by atoms with Crippen LogP contribution in [0.3, 0.4) is 0 Å². The fraction of sp³-hybridized carbons (Fsp3) is 0.636. The van der Waals surface area contributed by atoms with Crippen LogP contribution in [-0.4, -0.2) is 71.3 Å². The number of carbonyl (C=O) groups excluding carboxylic acids is 1. The Kier molecular flexibility index (Phi) is 12.4. The molecule has 0 aromatic heterocycles. The summed E-state index contributed by atoms with van der Waals surface area (Å²) < 4.78 is 16.4. The van der Waals surface area contributed by atoms with Crippen molar-refractivity contribution < 1.29 is 19.0 Å². The number of amides is 1. The third-order valence-electron chi connectivity index (χ3n) is 5.43. The number of guanidine groups is 1. The van der Waals surface area contributed by atoms with Gasteiger partial charge in [-0.3, -0.25) is 9.79 Å². The average Bonchev–Trinajstić information content (AvgIpc) is 2.78. The summed E-state index contributed by atoms with van der Waals surface area (Å²) in [6, 6.07) is 3.88. The van der Waals surface area contributed by atoms with E-state index >= 15 is 0 Å². The molecule has 1 aliphatic heterocycles. The smallest absolute Gasteiger partial charge is 0.220 e. The van der Waals surface area contributed by atoms with Crippen molar-refractivity contribution in [1.29, 1.82) is 0 Å². The molecule has 1 amide bonds. The number of methoxy groups -OCH3 is 3. The lowest BCUT2D eigenvalue weighted by molar-refractivity contribution is -0.121. The highest BCUT2D eigenvalue weighted by Crippen LogP contribution is 2.39. The van der Waals surface area contributed by atoms with Crippen molar-refractivity contribution in [3.05, 3.63) is 17.7 Å². The second-order valence-electron chi connectivity index (χ2n) is 7.29. The molecule has 9 heteroatoms.